The molecule has 0 aliphatic carbocycles. The number of carbonyl (C=O) groups is 2. The van der Waals surface area contributed by atoms with Crippen LogP contribution in [0, 0.1) is 0 Å². The molecule has 33 heavy (non-hydrogen) atoms. The van der Waals surface area contributed by atoms with Gasteiger partial charge in [0.15, 0.2) is 17.3 Å². The Morgan fingerprint density at radius 1 is 1.00 bits per heavy atom. The zero-order valence-corrected chi connectivity index (χ0v) is 19.2. The smallest absolute Gasteiger partial charge is 0.290 e. The fraction of sp³-hybridized carbons (Fsp3) is 0.200. The van der Waals surface area contributed by atoms with Gasteiger partial charge in [0.1, 0.15) is 5.75 Å². The molecule has 170 valence electrons. The minimum atomic E-state index is -0.797. The highest BCUT2D eigenvalue weighted by atomic mass is 32.1. The molecule has 2 aromatic carbocycles. The van der Waals surface area contributed by atoms with Gasteiger partial charge in [0.05, 0.1) is 37.8 Å². The van der Waals surface area contributed by atoms with Crippen molar-refractivity contribution in [1.29, 1.82) is 0 Å². The fourth-order valence-corrected chi connectivity index (χ4v) is 4.56. The molecule has 1 unspecified atom stereocenters. The Bertz CT molecular complexity index is 1200. The third-order valence-corrected chi connectivity index (χ3v) is 6.40. The van der Waals surface area contributed by atoms with Crippen molar-refractivity contribution in [2.75, 3.05) is 21.3 Å². The SMILES string of the molecule is COc1ccc(CN2C(=O)C(O)=C(C(=O)c3cccs3)C2c2ccc(OC)c(OC)c2)cc1. The summed E-state index contributed by atoms with van der Waals surface area (Å²) in [6.45, 7) is 0.188. The van der Waals surface area contributed by atoms with E-state index in [0.717, 1.165) is 5.56 Å². The van der Waals surface area contributed by atoms with Crippen molar-refractivity contribution in [3.63, 3.8) is 0 Å². The first-order valence-corrected chi connectivity index (χ1v) is 11.0. The van der Waals surface area contributed by atoms with Gasteiger partial charge in [-0.05, 0) is 46.8 Å². The molecular weight excluding hydrogens is 442 g/mol. The number of carbonyl (C=O) groups excluding carboxylic acids is 2. The van der Waals surface area contributed by atoms with Gasteiger partial charge in [-0.25, -0.2) is 0 Å². The summed E-state index contributed by atoms with van der Waals surface area (Å²) in [6, 6.07) is 15.1. The van der Waals surface area contributed by atoms with E-state index >= 15 is 0 Å². The number of ketones is 1. The van der Waals surface area contributed by atoms with Gasteiger partial charge in [0.25, 0.3) is 5.91 Å². The van der Waals surface area contributed by atoms with Crippen LogP contribution in [0.1, 0.15) is 26.8 Å². The Kier molecular flexibility index (Phi) is 6.37. The van der Waals surface area contributed by atoms with E-state index in [-0.39, 0.29) is 17.9 Å². The lowest BCUT2D eigenvalue weighted by Crippen LogP contribution is -2.30. The lowest BCUT2D eigenvalue weighted by Gasteiger charge is -2.27. The molecule has 0 bridgehead atoms. The van der Waals surface area contributed by atoms with Crippen LogP contribution in [0.5, 0.6) is 17.2 Å². The second-order valence-corrected chi connectivity index (χ2v) is 8.31. The van der Waals surface area contributed by atoms with E-state index in [1.165, 1.54) is 30.5 Å². The van der Waals surface area contributed by atoms with Gasteiger partial charge in [-0.3, -0.25) is 9.59 Å². The molecule has 0 radical (unpaired) electrons. The number of methoxy groups -OCH3 is 3. The summed E-state index contributed by atoms with van der Waals surface area (Å²) >= 11 is 1.26. The van der Waals surface area contributed by atoms with E-state index in [0.29, 0.717) is 27.7 Å². The molecule has 0 spiro atoms. The predicted octanol–water partition coefficient (Wildman–Crippen LogP) is 4.55. The zero-order valence-electron chi connectivity index (χ0n) is 18.4. The van der Waals surface area contributed by atoms with Crippen LogP contribution in [0.15, 0.2) is 71.3 Å². The van der Waals surface area contributed by atoms with Crippen molar-refractivity contribution in [3.8, 4) is 17.2 Å². The number of ether oxygens (including phenoxy) is 3. The highest BCUT2D eigenvalue weighted by Gasteiger charge is 2.44. The Morgan fingerprint density at radius 3 is 2.33 bits per heavy atom. The van der Waals surface area contributed by atoms with Crippen LogP contribution in [0.25, 0.3) is 0 Å². The number of aliphatic hydroxyl groups is 1. The lowest BCUT2D eigenvalue weighted by atomic mass is 9.95. The summed E-state index contributed by atoms with van der Waals surface area (Å²) in [5.41, 5.74) is 1.49. The molecule has 0 saturated carbocycles. The average Bonchev–Trinajstić information content (AvgIpc) is 3.47. The maximum atomic E-state index is 13.3. The first-order chi connectivity index (χ1) is 16.0. The van der Waals surface area contributed by atoms with E-state index in [1.807, 2.05) is 12.1 Å². The van der Waals surface area contributed by atoms with Crippen LogP contribution in [-0.2, 0) is 11.3 Å². The van der Waals surface area contributed by atoms with Crippen LogP contribution in [0.2, 0.25) is 0 Å². The molecule has 8 heteroatoms. The number of rotatable bonds is 8. The third-order valence-electron chi connectivity index (χ3n) is 5.53. The molecule has 0 fully saturated rings. The van der Waals surface area contributed by atoms with Gasteiger partial charge < -0.3 is 24.2 Å². The first-order valence-electron chi connectivity index (χ1n) is 10.2. The van der Waals surface area contributed by atoms with Crippen LogP contribution in [0.4, 0.5) is 0 Å². The van der Waals surface area contributed by atoms with Crippen molar-refractivity contribution < 1.29 is 28.9 Å². The number of nitrogens with zero attached hydrogens (tertiary/aromatic N) is 1. The van der Waals surface area contributed by atoms with Crippen LogP contribution < -0.4 is 14.2 Å². The molecule has 1 atom stereocenters. The maximum absolute atomic E-state index is 13.3. The summed E-state index contributed by atoms with van der Waals surface area (Å²) in [7, 11) is 4.63. The Morgan fingerprint density at radius 2 is 1.73 bits per heavy atom. The van der Waals surface area contributed by atoms with Gasteiger partial charge >= 0.3 is 0 Å². The second kappa shape index (κ2) is 9.38. The topological polar surface area (TPSA) is 85.3 Å². The number of hydrogen-bond donors (Lipinski definition) is 1. The molecule has 3 aromatic rings. The van der Waals surface area contributed by atoms with Gasteiger partial charge in [-0.15, -0.1) is 11.3 Å². The summed E-state index contributed by atoms with van der Waals surface area (Å²) in [4.78, 5) is 28.4. The Hall–Kier alpha value is -3.78. The minimum absolute atomic E-state index is 0.0446. The van der Waals surface area contributed by atoms with E-state index in [4.69, 9.17) is 14.2 Å². The van der Waals surface area contributed by atoms with Gasteiger partial charge in [-0.2, -0.15) is 0 Å². The van der Waals surface area contributed by atoms with Crippen molar-refractivity contribution in [1.82, 2.24) is 4.90 Å². The number of hydrogen-bond acceptors (Lipinski definition) is 7. The van der Waals surface area contributed by atoms with Gasteiger partial charge in [-0.1, -0.05) is 24.3 Å². The molecule has 4 rings (SSSR count). The Labute approximate surface area is 195 Å². The highest BCUT2D eigenvalue weighted by molar-refractivity contribution is 7.12. The quantitative estimate of drug-likeness (QED) is 0.491. The number of benzene rings is 2. The monoisotopic (exact) mass is 465 g/mol. The molecule has 2 heterocycles. The second-order valence-electron chi connectivity index (χ2n) is 7.37. The highest BCUT2D eigenvalue weighted by Crippen LogP contribution is 2.42. The third kappa shape index (κ3) is 4.17. The predicted molar refractivity (Wildman–Crippen MR) is 124 cm³/mol. The minimum Gasteiger partial charge on any atom is -0.503 e. The van der Waals surface area contributed by atoms with Crippen molar-refractivity contribution >= 4 is 23.0 Å². The summed E-state index contributed by atoms with van der Waals surface area (Å²) in [5, 5.41) is 12.6. The number of Topliss-reactive ketones (excluding diaryl/α,β-unsaturated/α-hetero) is 1. The van der Waals surface area contributed by atoms with Crippen molar-refractivity contribution in [3.05, 3.63) is 87.3 Å². The zero-order chi connectivity index (χ0) is 23.5. The van der Waals surface area contributed by atoms with E-state index in [2.05, 4.69) is 0 Å². The van der Waals surface area contributed by atoms with Crippen LogP contribution in [-0.4, -0.2) is 43.0 Å². The number of thiophene rings is 1. The number of aliphatic hydroxyl groups excluding tert-OH is 1. The molecule has 1 aliphatic heterocycles. The van der Waals surface area contributed by atoms with E-state index < -0.39 is 17.7 Å². The summed E-state index contributed by atoms with van der Waals surface area (Å²) in [6.07, 6.45) is 0. The fourth-order valence-electron chi connectivity index (χ4n) is 3.89. The standard InChI is InChI=1S/C25H23NO6S/c1-30-17-9-6-15(7-10-17)14-26-22(16-8-11-18(31-2)19(13-16)32-3)21(24(28)25(26)29)23(27)20-5-4-12-33-20/h4-13,22,28H,14H2,1-3H3. The lowest BCUT2D eigenvalue weighted by molar-refractivity contribution is -0.130. The average molecular weight is 466 g/mol. The molecule has 0 saturated heterocycles. The van der Waals surface area contributed by atoms with Crippen LogP contribution >= 0.6 is 11.3 Å². The van der Waals surface area contributed by atoms with Crippen molar-refractivity contribution in [2.24, 2.45) is 0 Å². The van der Waals surface area contributed by atoms with Crippen LogP contribution in [0.3, 0.4) is 0 Å². The van der Waals surface area contributed by atoms with Crippen molar-refractivity contribution in [2.45, 2.75) is 12.6 Å². The molecule has 1 N–H and O–H groups in total. The largest absolute Gasteiger partial charge is 0.503 e. The number of amides is 1. The molecule has 1 aliphatic rings. The van der Waals surface area contributed by atoms with Gasteiger partial charge in [0.2, 0.25) is 5.78 Å². The Balaban J connectivity index is 1.80. The molecule has 1 amide bonds. The summed E-state index contributed by atoms with van der Waals surface area (Å²) < 4.78 is 16.0. The summed E-state index contributed by atoms with van der Waals surface area (Å²) in [5.74, 6) is 0.144. The first kappa shape index (κ1) is 22.4. The van der Waals surface area contributed by atoms with Gasteiger partial charge in [0, 0.05) is 6.54 Å². The maximum Gasteiger partial charge on any atom is 0.290 e. The van der Waals surface area contributed by atoms with E-state index in [9.17, 15) is 14.7 Å². The molecule has 7 nitrogen and oxygen atoms in total. The molecular formula is C25H23NO6S. The van der Waals surface area contributed by atoms with E-state index in [1.54, 1.807) is 55.0 Å². The molecule has 1 aromatic heterocycles. The normalized spacial score (nSPS) is 15.7.